The Bertz CT molecular complexity index is 793. The van der Waals surface area contributed by atoms with Crippen LogP contribution in [0.5, 0.6) is 5.75 Å². The van der Waals surface area contributed by atoms with Crippen molar-refractivity contribution in [2.75, 3.05) is 17.2 Å². The number of carbonyl (C=O) groups excluding carboxylic acids is 2. The Morgan fingerprint density at radius 1 is 1.17 bits per heavy atom. The number of amides is 1. The van der Waals surface area contributed by atoms with Crippen LogP contribution in [0.2, 0.25) is 0 Å². The highest BCUT2D eigenvalue weighted by Gasteiger charge is 2.27. The van der Waals surface area contributed by atoms with Crippen LogP contribution in [0.3, 0.4) is 0 Å². The zero-order chi connectivity index (χ0) is 17.3. The molecule has 3 rings (SSSR count). The summed E-state index contributed by atoms with van der Waals surface area (Å²) in [6.07, 6.45) is 0. The number of hydrogen-bond acceptors (Lipinski definition) is 4. The van der Waals surface area contributed by atoms with Crippen LogP contribution in [0.25, 0.3) is 0 Å². The van der Waals surface area contributed by atoms with Crippen LogP contribution in [0, 0.1) is 20.8 Å². The molecule has 1 heterocycles. The van der Waals surface area contributed by atoms with E-state index in [9.17, 15) is 9.59 Å². The Kier molecular flexibility index (Phi) is 4.62. The molecule has 0 atom stereocenters. The average molecular weight is 341 g/mol. The number of carbonyl (C=O) groups is 2. The van der Waals surface area contributed by atoms with Gasteiger partial charge in [0, 0.05) is 4.90 Å². The van der Waals surface area contributed by atoms with Gasteiger partial charge in [0.05, 0.1) is 11.4 Å². The largest absolute Gasteiger partial charge is 0.425 e. The maximum Gasteiger partial charge on any atom is 0.331 e. The van der Waals surface area contributed by atoms with E-state index in [-0.39, 0.29) is 12.5 Å². The minimum absolute atomic E-state index is 0.0759. The lowest BCUT2D eigenvalue weighted by molar-refractivity contribution is -0.134. The van der Waals surface area contributed by atoms with Crippen LogP contribution < -0.4 is 9.64 Å². The first kappa shape index (κ1) is 16.6. The number of anilines is 1. The minimum atomic E-state index is -0.430. The highest BCUT2D eigenvalue weighted by atomic mass is 32.2. The van der Waals surface area contributed by atoms with Crippen molar-refractivity contribution in [3.05, 3.63) is 53.1 Å². The fraction of sp³-hybridized carbons (Fsp3) is 0.263. The number of esters is 1. The van der Waals surface area contributed by atoms with Crippen molar-refractivity contribution in [3.8, 4) is 5.75 Å². The van der Waals surface area contributed by atoms with Gasteiger partial charge in [0.2, 0.25) is 5.91 Å². The molecule has 0 saturated carbocycles. The van der Waals surface area contributed by atoms with Crippen molar-refractivity contribution >= 4 is 29.3 Å². The highest BCUT2D eigenvalue weighted by molar-refractivity contribution is 8.00. The van der Waals surface area contributed by atoms with Crippen LogP contribution in [-0.2, 0) is 9.59 Å². The molecule has 0 spiro atoms. The summed E-state index contributed by atoms with van der Waals surface area (Å²) in [5.74, 6) is 0.415. The molecule has 124 valence electrons. The van der Waals surface area contributed by atoms with Gasteiger partial charge in [-0.3, -0.25) is 9.69 Å². The fourth-order valence-corrected chi connectivity index (χ4v) is 3.87. The molecule has 1 aliphatic rings. The molecule has 0 N–H and O–H groups in total. The molecule has 0 radical (unpaired) electrons. The van der Waals surface area contributed by atoms with Crippen molar-refractivity contribution in [2.45, 2.75) is 25.7 Å². The summed E-state index contributed by atoms with van der Waals surface area (Å²) in [6.45, 7) is 5.76. The topological polar surface area (TPSA) is 46.6 Å². The normalized spacial score (nSPS) is 13.6. The molecule has 2 aromatic carbocycles. The van der Waals surface area contributed by atoms with Gasteiger partial charge >= 0.3 is 5.97 Å². The van der Waals surface area contributed by atoms with Crippen molar-refractivity contribution in [3.63, 3.8) is 0 Å². The van der Waals surface area contributed by atoms with E-state index in [1.807, 2.05) is 57.2 Å². The number of para-hydroxylation sites is 1. The third-order valence-electron chi connectivity index (χ3n) is 3.92. The highest BCUT2D eigenvalue weighted by Crippen LogP contribution is 2.35. The van der Waals surface area contributed by atoms with Crippen molar-refractivity contribution in [1.82, 2.24) is 0 Å². The van der Waals surface area contributed by atoms with Gasteiger partial charge in [0.15, 0.2) is 0 Å². The molecular weight excluding hydrogens is 322 g/mol. The summed E-state index contributed by atoms with van der Waals surface area (Å²) in [7, 11) is 0. The zero-order valence-electron chi connectivity index (χ0n) is 14.0. The first-order valence-electron chi connectivity index (χ1n) is 7.76. The minimum Gasteiger partial charge on any atom is -0.425 e. The lowest BCUT2D eigenvalue weighted by Gasteiger charge is -2.28. The first-order chi connectivity index (χ1) is 11.5. The molecule has 5 heteroatoms. The fourth-order valence-electron chi connectivity index (χ4n) is 2.93. The predicted molar refractivity (Wildman–Crippen MR) is 95.8 cm³/mol. The van der Waals surface area contributed by atoms with Crippen LogP contribution in [0.4, 0.5) is 5.69 Å². The smallest absolute Gasteiger partial charge is 0.331 e. The van der Waals surface area contributed by atoms with Gasteiger partial charge in [-0.15, -0.1) is 11.8 Å². The van der Waals surface area contributed by atoms with E-state index in [2.05, 4.69) is 0 Å². The van der Waals surface area contributed by atoms with E-state index >= 15 is 0 Å². The predicted octanol–water partition coefficient (Wildman–Crippen LogP) is 3.66. The van der Waals surface area contributed by atoms with Gasteiger partial charge in [0.1, 0.15) is 12.3 Å². The molecule has 0 saturated heterocycles. The van der Waals surface area contributed by atoms with Gasteiger partial charge in [-0.2, -0.15) is 0 Å². The summed E-state index contributed by atoms with van der Waals surface area (Å²) in [6, 6.07) is 11.6. The summed E-state index contributed by atoms with van der Waals surface area (Å²) in [5, 5.41) is 0. The van der Waals surface area contributed by atoms with E-state index in [1.54, 1.807) is 0 Å². The van der Waals surface area contributed by atoms with Gasteiger partial charge in [-0.25, -0.2) is 4.79 Å². The Labute approximate surface area is 145 Å². The van der Waals surface area contributed by atoms with E-state index in [0.717, 1.165) is 27.3 Å². The Hall–Kier alpha value is -2.27. The van der Waals surface area contributed by atoms with Crippen LogP contribution in [0.1, 0.15) is 16.7 Å². The van der Waals surface area contributed by atoms with Gasteiger partial charge in [-0.05, 0) is 44.0 Å². The number of hydrogen-bond donors (Lipinski definition) is 0. The number of ether oxygens (including phenoxy) is 1. The maximum absolute atomic E-state index is 12.4. The number of nitrogens with zero attached hydrogens (tertiary/aromatic N) is 1. The second kappa shape index (κ2) is 6.69. The molecule has 2 aromatic rings. The molecule has 0 fully saturated rings. The first-order valence-corrected chi connectivity index (χ1v) is 8.75. The molecule has 1 amide bonds. The standard InChI is InChI=1S/C19H19NO3S/c1-12-8-13(2)19(14(3)9-12)23-18(22)10-20-15-6-4-5-7-16(15)24-11-17(20)21/h4-9H,10-11H2,1-3H3. The summed E-state index contributed by atoms with van der Waals surface area (Å²) in [4.78, 5) is 27.1. The number of benzene rings is 2. The maximum atomic E-state index is 12.4. The number of rotatable bonds is 3. The zero-order valence-corrected chi connectivity index (χ0v) is 14.8. The van der Waals surface area contributed by atoms with E-state index in [0.29, 0.717) is 11.5 Å². The monoisotopic (exact) mass is 341 g/mol. The number of aryl methyl sites for hydroxylation is 3. The SMILES string of the molecule is Cc1cc(C)c(OC(=O)CN2C(=O)CSc3ccccc32)c(C)c1. The van der Waals surface area contributed by atoms with Gasteiger partial charge < -0.3 is 4.74 Å². The van der Waals surface area contributed by atoms with Gasteiger partial charge in [-0.1, -0.05) is 29.8 Å². The van der Waals surface area contributed by atoms with Crippen molar-refractivity contribution < 1.29 is 14.3 Å². The molecule has 0 bridgehead atoms. The third kappa shape index (κ3) is 3.31. The van der Waals surface area contributed by atoms with Crippen LogP contribution in [0.15, 0.2) is 41.3 Å². The lowest BCUT2D eigenvalue weighted by Crippen LogP contribution is -2.40. The van der Waals surface area contributed by atoms with Crippen molar-refractivity contribution in [2.24, 2.45) is 0 Å². The molecular formula is C19H19NO3S. The second-order valence-electron chi connectivity index (χ2n) is 5.94. The molecule has 0 aromatic heterocycles. The van der Waals surface area contributed by atoms with Crippen LogP contribution >= 0.6 is 11.8 Å². The molecule has 4 nitrogen and oxygen atoms in total. The van der Waals surface area contributed by atoms with Crippen molar-refractivity contribution in [1.29, 1.82) is 0 Å². The lowest BCUT2D eigenvalue weighted by atomic mass is 10.1. The molecule has 0 aliphatic carbocycles. The number of thioether (sulfide) groups is 1. The Balaban J connectivity index is 1.80. The summed E-state index contributed by atoms with van der Waals surface area (Å²) in [5.41, 5.74) is 3.73. The quantitative estimate of drug-likeness (QED) is 0.631. The van der Waals surface area contributed by atoms with E-state index in [4.69, 9.17) is 4.74 Å². The van der Waals surface area contributed by atoms with Crippen LogP contribution in [-0.4, -0.2) is 24.2 Å². The Morgan fingerprint density at radius 2 is 1.83 bits per heavy atom. The van der Waals surface area contributed by atoms with E-state index in [1.165, 1.54) is 16.7 Å². The average Bonchev–Trinajstić information content (AvgIpc) is 2.53. The molecule has 1 aliphatic heterocycles. The summed E-state index contributed by atoms with van der Waals surface area (Å²) < 4.78 is 5.56. The molecule has 24 heavy (non-hydrogen) atoms. The Morgan fingerprint density at radius 3 is 2.54 bits per heavy atom. The van der Waals surface area contributed by atoms with E-state index < -0.39 is 5.97 Å². The third-order valence-corrected chi connectivity index (χ3v) is 4.96. The second-order valence-corrected chi connectivity index (χ2v) is 6.96. The molecule has 0 unspecified atom stereocenters. The number of fused-ring (bicyclic) bond motifs is 1. The summed E-state index contributed by atoms with van der Waals surface area (Å²) >= 11 is 1.49. The van der Waals surface area contributed by atoms with Gasteiger partial charge in [0.25, 0.3) is 0 Å².